The fourth-order valence-electron chi connectivity index (χ4n) is 2.72. The van der Waals surface area contributed by atoms with Gasteiger partial charge in [-0.15, -0.1) is 0 Å². The van der Waals surface area contributed by atoms with E-state index in [1.807, 2.05) is 6.92 Å². The minimum atomic E-state index is -2.60. The molecule has 1 atom stereocenters. The molecule has 2 rings (SSSR count). The molecule has 1 heterocycles. The van der Waals surface area contributed by atoms with Gasteiger partial charge in [-0.3, -0.25) is 9.56 Å². The molecule has 2 N–H and O–H groups in total. The molecule has 0 saturated carbocycles. The van der Waals surface area contributed by atoms with Gasteiger partial charge in [0.15, 0.2) is 5.96 Å². The molecule has 0 aliphatic rings. The number of nitrogens with one attached hydrogen (secondary N) is 2. The van der Waals surface area contributed by atoms with Gasteiger partial charge in [0, 0.05) is 19.4 Å². The van der Waals surface area contributed by atoms with Crippen LogP contribution in [0.15, 0.2) is 41.7 Å². The molecule has 1 aromatic carbocycles. The molecule has 2 aromatic rings. The number of halogens is 2. The summed E-state index contributed by atoms with van der Waals surface area (Å²) in [4.78, 5) is 8.11. The molecule has 0 saturated heterocycles. The van der Waals surface area contributed by atoms with Crippen molar-refractivity contribution in [3.8, 4) is 0 Å². The molecule has 0 aliphatic carbocycles. The lowest BCUT2D eigenvalue weighted by molar-refractivity contribution is 0.0668. The average Bonchev–Trinajstić information content (AvgIpc) is 3.07. The molecular weight excluding hydrogens is 336 g/mol. The van der Waals surface area contributed by atoms with Crippen LogP contribution in [0, 0.1) is 5.92 Å². The van der Waals surface area contributed by atoms with Crippen molar-refractivity contribution in [2.24, 2.45) is 10.9 Å². The predicted octanol–water partition coefficient (Wildman–Crippen LogP) is 3.90. The number of aliphatic imine (C=N–C) groups is 1. The van der Waals surface area contributed by atoms with Gasteiger partial charge in [-0.2, -0.15) is 8.78 Å². The van der Waals surface area contributed by atoms with Gasteiger partial charge in [0.25, 0.3) is 0 Å². The second-order valence-electron chi connectivity index (χ2n) is 6.66. The number of aromatic nitrogens is 2. The molecule has 5 nitrogen and oxygen atoms in total. The largest absolute Gasteiger partial charge is 0.350 e. The zero-order chi connectivity index (χ0) is 19.1. The van der Waals surface area contributed by atoms with Crippen LogP contribution < -0.4 is 10.6 Å². The molecule has 0 aliphatic heterocycles. The third-order valence-corrected chi connectivity index (χ3v) is 4.07. The van der Waals surface area contributed by atoms with Crippen LogP contribution in [0.4, 0.5) is 8.78 Å². The number of imidazole rings is 1. The molecule has 142 valence electrons. The van der Waals surface area contributed by atoms with Gasteiger partial charge >= 0.3 is 6.55 Å². The van der Waals surface area contributed by atoms with Crippen LogP contribution in [-0.4, -0.2) is 22.6 Å². The average molecular weight is 363 g/mol. The summed E-state index contributed by atoms with van der Waals surface area (Å²) < 4.78 is 26.5. The molecule has 0 spiro atoms. The number of hydrogen-bond donors (Lipinski definition) is 2. The van der Waals surface area contributed by atoms with E-state index in [0.29, 0.717) is 11.9 Å². The standard InChI is InChI=1S/C19H27F2N5/c1-13(2)11-15-5-7-16(8-6-15)14(3)25-19(22-4)24-12-17-23-9-10-26(17)18(20)21/h5-10,13-14,18H,11-12H2,1-4H3,(H2,22,24,25). The van der Waals surface area contributed by atoms with Gasteiger partial charge in [0.2, 0.25) is 0 Å². The number of guanidine groups is 1. The van der Waals surface area contributed by atoms with E-state index in [4.69, 9.17) is 0 Å². The van der Waals surface area contributed by atoms with E-state index in [1.54, 1.807) is 7.05 Å². The molecule has 0 bridgehead atoms. The molecule has 7 heteroatoms. The lowest BCUT2D eigenvalue weighted by atomic mass is 10.00. The van der Waals surface area contributed by atoms with Crippen molar-refractivity contribution in [1.82, 2.24) is 20.2 Å². The minimum absolute atomic E-state index is 0.0316. The van der Waals surface area contributed by atoms with Gasteiger partial charge in [-0.05, 0) is 30.4 Å². The smallest absolute Gasteiger partial charge is 0.319 e. The maximum absolute atomic E-state index is 12.9. The zero-order valence-electron chi connectivity index (χ0n) is 15.7. The van der Waals surface area contributed by atoms with Crippen LogP contribution in [0.5, 0.6) is 0 Å². The Labute approximate surface area is 153 Å². The Balaban J connectivity index is 1.93. The van der Waals surface area contributed by atoms with Crippen LogP contribution >= 0.6 is 0 Å². The maximum Gasteiger partial charge on any atom is 0.319 e. The van der Waals surface area contributed by atoms with Gasteiger partial charge in [0.05, 0.1) is 12.6 Å². The third kappa shape index (κ3) is 5.54. The number of benzene rings is 1. The van der Waals surface area contributed by atoms with Crippen molar-refractivity contribution < 1.29 is 8.78 Å². The van der Waals surface area contributed by atoms with E-state index in [2.05, 4.69) is 58.7 Å². The quantitative estimate of drug-likeness (QED) is 0.579. The molecule has 0 amide bonds. The summed E-state index contributed by atoms with van der Waals surface area (Å²) in [6.45, 7) is 3.99. The highest BCUT2D eigenvalue weighted by Gasteiger charge is 2.13. The van der Waals surface area contributed by atoms with Crippen molar-refractivity contribution in [3.05, 3.63) is 53.6 Å². The number of alkyl halides is 2. The van der Waals surface area contributed by atoms with Crippen LogP contribution in [0.25, 0.3) is 0 Å². The number of rotatable bonds is 7. The SMILES string of the molecule is CN=C(NCc1nccn1C(F)F)NC(C)c1ccc(CC(C)C)cc1. The second-order valence-corrected chi connectivity index (χ2v) is 6.66. The van der Waals surface area contributed by atoms with Gasteiger partial charge in [0.1, 0.15) is 5.82 Å². The molecule has 1 unspecified atom stereocenters. The summed E-state index contributed by atoms with van der Waals surface area (Å²) in [6, 6.07) is 8.52. The third-order valence-electron chi connectivity index (χ3n) is 4.07. The van der Waals surface area contributed by atoms with Crippen LogP contribution in [-0.2, 0) is 13.0 Å². The van der Waals surface area contributed by atoms with Crippen LogP contribution in [0.3, 0.4) is 0 Å². The Hall–Kier alpha value is -2.44. The first-order valence-electron chi connectivity index (χ1n) is 8.76. The summed E-state index contributed by atoms with van der Waals surface area (Å²) in [6.07, 6.45) is 3.68. The Morgan fingerprint density at radius 1 is 1.19 bits per heavy atom. The Morgan fingerprint density at radius 2 is 1.88 bits per heavy atom. The highest BCUT2D eigenvalue weighted by Crippen LogP contribution is 2.16. The van der Waals surface area contributed by atoms with Crippen LogP contribution in [0.1, 0.15) is 50.3 Å². The summed E-state index contributed by atoms with van der Waals surface area (Å²) in [5.41, 5.74) is 2.45. The molecule has 1 aromatic heterocycles. The Bertz CT molecular complexity index is 707. The normalized spacial score (nSPS) is 13.3. The van der Waals surface area contributed by atoms with Gasteiger partial charge < -0.3 is 10.6 Å². The summed E-state index contributed by atoms with van der Waals surface area (Å²) in [5, 5.41) is 6.30. The molecule has 0 fully saturated rings. The van der Waals surface area contributed by atoms with Gasteiger partial charge in [-0.25, -0.2) is 4.98 Å². The predicted molar refractivity (Wildman–Crippen MR) is 100 cm³/mol. The maximum atomic E-state index is 12.9. The van der Waals surface area contributed by atoms with Crippen molar-refractivity contribution in [3.63, 3.8) is 0 Å². The summed E-state index contributed by atoms with van der Waals surface area (Å²) in [5.74, 6) is 1.42. The van der Waals surface area contributed by atoms with Crippen molar-refractivity contribution in [2.75, 3.05) is 7.05 Å². The number of nitrogens with zero attached hydrogens (tertiary/aromatic N) is 3. The van der Waals surface area contributed by atoms with Crippen LogP contribution in [0.2, 0.25) is 0 Å². The molecular formula is C19H27F2N5. The van der Waals surface area contributed by atoms with E-state index < -0.39 is 6.55 Å². The fourth-order valence-corrected chi connectivity index (χ4v) is 2.72. The second kappa shape index (κ2) is 9.31. The van der Waals surface area contributed by atoms with E-state index in [0.717, 1.165) is 16.6 Å². The summed E-state index contributed by atoms with van der Waals surface area (Å²) in [7, 11) is 1.65. The monoisotopic (exact) mass is 363 g/mol. The Kier molecular flexibility index (Phi) is 7.12. The highest BCUT2D eigenvalue weighted by molar-refractivity contribution is 5.80. The zero-order valence-corrected chi connectivity index (χ0v) is 15.7. The first-order chi connectivity index (χ1) is 12.4. The first-order valence-corrected chi connectivity index (χ1v) is 8.76. The van der Waals surface area contributed by atoms with Crippen molar-refractivity contribution >= 4 is 5.96 Å². The van der Waals surface area contributed by atoms with Crippen molar-refractivity contribution in [2.45, 2.75) is 46.3 Å². The molecule has 26 heavy (non-hydrogen) atoms. The van der Waals surface area contributed by atoms with E-state index in [9.17, 15) is 8.78 Å². The fraction of sp³-hybridized carbons (Fsp3) is 0.474. The lowest BCUT2D eigenvalue weighted by Gasteiger charge is -2.19. The van der Waals surface area contributed by atoms with Crippen molar-refractivity contribution in [1.29, 1.82) is 0 Å². The van der Waals surface area contributed by atoms with Gasteiger partial charge in [-0.1, -0.05) is 38.1 Å². The Morgan fingerprint density at radius 3 is 2.46 bits per heavy atom. The van der Waals surface area contributed by atoms with E-state index in [1.165, 1.54) is 18.0 Å². The highest BCUT2D eigenvalue weighted by atomic mass is 19.3. The number of hydrogen-bond acceptors (Lipinski definition) is 2. The van der Waals surface area contributed by atoms with E-state index in [-0.39, 0.29) is 18.4 Å². The first kappa shape index (κ1) is 19.9. The van der Waals surface area contributed by atoms with E-state index >= 15 is 0 Å². The topological polar surface area (TPSA) is 54.2 Å². The molecule has 0 radical (unpaired) electrons. The lowest BCUT2D eigenvalue weighted by Crippen LogP contribution is -2.38. The minimum Gasteiger partial charge on any atom is -0.350 e. The summed E-state index contributed by atoms with van der Waals surface area (Å²) >= 11 is 0.